The minimum Gasteiger partial charge on any atom is -0.383 e. The molecule has 0 atom stereocenters. The van der Waals surface area contributed by atoms with Crippen LogP contribution in [0.1, 0.15) is 37.7 Å². The normalized spacial score (nSPS) is 15.3. The summed E-state index contributed by atoms with van der Waals surface area (Å²) < 4.78 is 6.90. The Morgan fingerprint density at radius 2 is 1.94 bits per heavy atom. The number of carbonyl (C=O) groups excluding carboxylic acids is 2. The number of rotatable bonds is 4. The number of ether oxygens (including phenoxy) is 1. The first kappa shape index (κ1) is 21.3. The van der Waals surface area contributed by atoms with Gasteiger partial charge in [0.05, 0.1) is 41.7 Å². The first-order valence-electron chi connectivity index (χ1n) is 11.5. The predicted molar refractivity (Wildman–Crippen MR) is 132 cm³/mol. The second kappa shape index (κ2) is 8.21. The van der Waals surface area contributed by atoms with Crippen molar-refractivity contribution in [3.8, 4) is 5.69 Å². The second-order valence-electron chi connectivity index (χ2n) is 8.87. The van der Waals surface area contributed by atoms with E-state index in [1.54, 1.807) is 9.58 Å². The number of benzene rings is 2. The Labute approximate surface area is 201 Å². The van der Waals surface area contributed by atoms with Crippen LogP contribution in [0, 0.1) is 6.92 Å². The van der Waals surface area contributed by atoms with Crippen molar-refractivity contribution in [2.45, 2.75) is 13.3 Å². The lowest BCUT2D eigenvalue weighted by molar-refractivity contribution is 0.0303. The summed E-state index contributed by atoms with van der Waals surface area (Å²) in [5.74, 6) is 0.929. The van der Waals surface area contributed by atoms with Gasteiger partial charge in [-0.25, -0.2) is 9.67 Å². The summed E-state index contributed by atoms with van der Waals surface area (Å²) in [5, 5.41) is 4.38. The van der Waals surface area contributed by atoms with E-state index in [1.807, 2.05) is 49.4 Å². The number of allylic oxidation sites excluding steroid dienone is 1. The number of H-pyrrole nitrogens is 1. The molecular formula is C26H24N6O3. The number of nitrogen functional groups attached to an aromatic ring is 1. The van der Waals surface area contributed by atoms with Crippen molar-refractivity contribution in [2.75, 3.05) is 32.0 Å². The molecule has 1 fully saturated rings. The van der Waals surface area contributed by atoms with Crippen molar-refractivity contribution in [3.05, 3.63) is 76.2 Å². The van der Waals surface area contributed by atoms with Gasteiger partial charge < -0.3 is 20.4 Å². The Hall–Kier alpha value is -4.24. The molecule has 3 N–H and O–H groups in total. The summed E-state index contributed by atoms with van der Waals surface area (Å²) in [5.41, 5.74) is 12.3. The number of hydrogen-bond acceptors (Lipinski definition) is 6. The number of amides is 1. The van der Waals surface area contributed by atoms with Crippen LogP contribution >= 0.6 is 0 Å². The molecular weight excluding hydrogens is 444 g/mol. The SMILES string of the molecule is Cc1nc2ccc(-n3ncc(C(=O)C4=Cc5cc(C(=O)N6CCOCC6)ccc5C4)c3N)cc2[nH]1. The van der Waals surface area contributed by atoms with Crippen LogP contribution < -0.4 is 5.73 Å². The first-order chi connectivity index (χ1) is 17.0. The van der Waals surface area contributed by atoms with Gasteiger partial charge in [0, 0.05) is 30.6 Å². The molecule has 1 saturated heterocycles. The highest BCUT2D eigenvalue weighted by molar-refractivity contribution is 6.15. The van der Waals surface area contributed by atoms with E-state index >= 15 is 0 Å². The van der Waals surface area contributed by atoms with E-state index in [0.717, 1.165) is 33.7 Å². The van der Waals surface area contributed by atoms with Crippen LogP contribution in [0.4, 0.5) is 5.82 Å². The van der Waals surface area contributed by atoms with E-state index in [1.165, 1.54) is 6.20 Å². The lowest BCUT2D eigenvalue weighted by atomic mass is 10.0. The zero-order valence-corrected chi connectivity index (χ0v) is 19.2. The van der Waals surface area contributed by atoms with Crippen molar-refractivity contribution < 1.29 is 14.3 Å². The molecule has 35 heavy (non-hydrogen) atoms. The summed E-state index contributed by atoms with van der Waals surface area (Å²) in [7, 11) is 0. The van der Waals surface area contributed by atoms with Crippen LogP contribution in [0.15, 0.2) is 48.2 Å². The molecule has 9 heteroatoms. The number of hydrogen-bond donors (Lipinski definition) is 2. The van der Waals surface area contributed by atoms with Crippen molar-refractivity contribution in [3.63, 3.8) is 0 Å². The van der Waals surface area contributed by atoms with E-state index in [9.17, 15) is 9.59 Å². The standard InChI is InChI=1S/C26H24N6O3/c1-15-29-22-5-4-20(13-23(22)30-15)32-25(27)21(14-28-32)24(33)19-10-16-2-3-17(11-18(16)12-19)26(34)31-6-8-35-9-7-31/h2-5,11-14H,6-10,27H2,1H3,(H,29,30). The third-order valence-electron chi connectivity index (χ3n) is 6.57. The highest BCUT2D eigenvalue weighted by Crippen LogP contribution is 2.30. The van der Waals surface area contributed by atoms with Gasteiger partial charge in [-0.15, -0.1) is 0 Å². The van der Waals surface area contributed by atoms with Gasteiger partial charge in [-0.3, -0.25) is 9.59 Å². The minimum atomic E-state index is -0.163. The molecule has 0 unspecified atom stereocenters. The maximum absolute atomic E-state index is 13.4. The molecule has 0 radical (unpaired) electrons. The van der Waals surface area contributed by atoms with Crippen molar-refractivity contribution >= 4 is 34.6 Å². The third-order valence-corrected chi connectivity index (χ3v) is 6.57. The highest BCUT2D eigenvalue weighted by Gasteiger charge is 2.26. The van der Waals surface area contributed by atoms with E-state index in [-0.39, 0.29) is 17.5 Å². The number of nitrogens with zero attached hydrogens (tertiary/aromatic N) is 4. The van der Waals surface area contributed by atoms with Crippen LogP contribution in [0.5, 0.6) is 0 Å². The Balaban J connectivity index is 1.26. The van der Waals surface area contributed by atoms with Crippen molar-refractivity contribution in [2.24, 2.45) is 0 Å². The summed E-state index contributed by atoms with van der Waals surface area (Å²) in [4.78, 5) is 35.6. The summed E-state index contributed by atoms with van der Waals surface area (Å²) >= 11 is 0. The number of aromatic amines is 1. The maximum Gasteiger partial charge on any atom is 0.254 e. The van der Waals surface area contributed by atoms with Crippen LogP contribution in [-0.4, -0.2) is 62.6 Å². The summed E-state index contributed by atoms with van der Waals surface area (Å²) in [6.07, 6.45) is 3.85. The van der Waals surface area contributed by atoms with Gasteiger partial charge in [-0.2, -0.15) is 5.10 Å². The molecule has 0 saturated carbocycles. The molecule has 9 nitrogen and oxygen atoms in total. The van der Waals surface area contributed by atoms with E-state index < -0.39 is 0 Å². The molecule has 1 aliphatic carbocycles. The highest BCUT2D eigenvalue weighted by atomic mass is 16.5. The average molecular weight is 469 g/mol. The van der Waals surface area contributed by atoms with Crippen molar-refractivity contribution in [1.82, 2.24) is 24.6 Å². The number of imidazole rings is 1. The third kappa shape index (κ3) is 3.70. The van der Waals surface area contributed by atoms with Crippen molar-refractivity contribution in [1.29, 1.82) is 0 Å². The lowest BCUT2D eigenvalue weighted by Crippen LogP contribution is -2.40. The first-order valence-corrected chi connectivity index (χ1v) is 11.5. The number of morpholine rings is 1. The fraction of sp³-hybridized carbons (Fsp3) is 0.231. The number of anilines is 1. The number of Topliss-reactive ketones (excluding diaryl/α,β-unsaturated/α-hetero) is 1. The van der Waals surface area contributed by atoms with Gasteiger partial charge >= 0.3 is 0 Å². The smallest absolute Gasteiger partial charge is 0.254 e. The number of nitrogens with one attached hydrogen (secondary N) is 1. The number of fused-ring (bicyclic) bond motifs is 2. The number of ketones is 1. The van der Waals surface area contributed by atoms with Gasteiger partial charge in [0.2, 0.25) is 0 Å². The molecule has 0 bridgehead atoms. The Morgan fingerprint density at radius 1 is 1.11 bits per heavy atom. The maximum atomic E-state index is 13.4. The van der Waals surface area contributed by atoms with Gasteiger partial charge in [0.25, 0.3) is 5.91 Å². The molecule has 3 heterocycles. The summed E-state index contributed by atoms with van der Waals surface area (Å²) in [6, 6.07) is 11.3. The van der Waals surface area contributed by atoms with Crippen LogP contribution in [0.3, 0.4) is 0 Å². The molecule has 2 aromatic carbocycles. The topological polar surface area (TPSA) is 119 Å². The molecule has 4 aromatic rings. The fourth-order valence-electron chi connectivity index (χ4n) is 4.73. The van der Waals surface area contributed by atoms with Crippen LogP contribution in [0.2, 0.25) is 0 Å². The van der Waals surface area contributed by atoms with Crippen LogP contribution in [-0.2, 0) is 11.2 Å². The largest absolute Gasteiger partial charge is 0.383 e. The number of nitrogens with two attached hydrogens (primary N) is 1. The average Bonchev–Trinajstić information content (AvgIpc) is 3.58. The zero-order chi connectivity index (χ0) is 24.1. The fourth-order valence-corrected chi connectivity index (χ4v) is 4.73. The van der Waals surface area contributed by atoms with E-state index in [4.69, 9.17) is 10.5 Å². The molecule has 1 amide bonds. The zero-order valence-electron chi connectivity index (χ0n) is 19.2. The van der Waals surface area contributed by atoms with Gasteiger partial charge in [0.15, 0.2) is 5.78 Å². The molecule has 6 rings (SSSR count). The van der Waals surface area contributed by atoms with E-state index in [2.05, 4.69) is 15.1 Å². The lowest BCUT2D eigenvalue weighted by Gasteiger charge is -2.27. The van der Waals surface area contributed by atoms with Gasteiger partial charge in [0.1, 0.15) is 11.6 Å². The number of aryl methyl sites for hydroxylation is 1. The molecule has 176 valence electrons. The monoisotopic (exact) mass is 468 g/mol. The Bertz CT molecular complexity index is 1520. The number of aromatic nitrogens is 4. The second-order valence-corrected chi connectivity index (χ2v) is 8.87. The van der Waals surface area contributed by atoms with Gasteiger partial charge in [-0.1, -0.05) is 6.07 Å². The molecule has 0 spiro atoms. The minimum absolute atomic E-state index is 0.0146. The van der Waals surface area contributed by atoms with E-state index in [0.29, 0.717) is 49.4 Å². The summed E-state index contributed by atoms with van der Waals surface area (Å²) in [6.45, 7) is 4.18. The Kier molecular flexibility index (Phi) is 5.00. The Morgan fingerprint density at radius 3 is 2.77 bits per heavy atom. The quantitative estimate of drug-likeness (QED) is 0.445. The molecule has 2 aliphatic rings. The number of carbonyl (C=O) groups is 2. The molecule has 2 aromatic heterocycles. The van der Waals surface area contributed by atoms with Gasteiger partial charge in [-0.05, 0) is 54.5 Å². The predicted octanol–water partition coefficient (Wildman–Crippen LogP) is 2.93. The molecule has 1 aliphatic heterocycles. The van der Waals surface area contributed by atoms with Crippen LogP contribution in [0.25, 0.3) is 22.8 Å².